The lowest BCUT2D eigenvalue weighted by Crippen LogP contribution is -2.37. The third-order valence-electron chi connectivity index (χ3n) is 4.03. The Morgan fingerprint density at radius 1 is 0.486 bits per heavy atom. The number of carboxylic acid groups (broad SMARTS) is 4. The van der Waals surface area contributed by atoms with Gasteiger partial charge in [-0.3, -0.25) is 19.2 Å². The molecule has 224 valence electrons. The zero-order valence-corrected chi connectivity index (χ0v) is 25.0. The number of hydrogen-bond acceptors (Lipinski definition) is 12. The molecule has 0 spiro atoms. The first kappa shape index (κ1) is 46.0. The molecule has 4 unspecified atom stereocenters. The van der Waals surface area contributed by atoms with Crippen molar-refractivity contribution in [3.63, 3.8) is 0 Å². The zero-order chi connectivity index (χ0) is 30.8. The fourth-order valence-electron chi connectivity index (χ4n) is 0.998. The summed E-state index contributed by atoms with van der Waals surface area (Å²) in [5.74, 6) is -3.37. The maximum absolute atomic E-state index is 9.85. The highest BCUT2D eigenvalue weighted by Crippen LogP contribution is 2.11. The average Bonchev–Trinajstić information content (AvgIpc) is 2.89. The SMILES string of the molecule is CCC(S)C(=O)O.CCC(S)C(=O)O.CCC(S)C(=O)O.CCC(S)C(=O)O.OCC(CO)(CO)CO. The Morgan fingerprint density at radius 2 is 0.622 bits per heavy atom. The van der Waals surface area contributed by atoms with Crippen molar-refractivity contribution >= 4 is 74.4 Å². The second kappa shape index (κ2) is 29.7. The minimum atomic E-state index is -1.11. The van der Waals surface area contributed by atoms with Gasteiger partial charge in [-0.2, -0.15) is 50.5 Å². The normalized spacial score (nSPS) is 13.1. The first-order valence-corrected chi connectivity index (χ1v) is 13.1. The van der Waals surface area contributed by atoms with E-state index in [9.17, 15) is 19.2 Å². The van der Waals surface area contributed by atoms with Crippen molar-refractivity contribution in [3.8, 4) is 0 Å². The highest BCUT2D eigenvalue weighted by Gasteiger charge is 2.26. The van der Waals surface area contributed by atoms with Crippen molar-refractivity contribution < 1.29 is 60.0 Å². The first-order valence-electron chi connectivity index (χ1n) is 11.0. The van der Waals surface area contributed by atoms with Crippen LogP contribution in [0.3, 0.4) is 0 Å². The largest absolute Gasteiger partial charge is 0.480 e. The van der Waals surface area contributed by atoms with Crippen molar-refractivity contribution in [1.29, 1.82) is 0 Å². The van der Waals surface area contributed by atoms with Crippen LogP contribution in [-0.4, -0.2) is 112 Å². The van der Waals surface area contributed by atoms with Gasteiger partial charge in [0.1, 0.15) is 0 Å². The summed E-state index contributed by atoms with van der Waals surface area (Å²) in [7, 11) is 0. The van der Waals surface area contributed by atoms with Crippen molar-refractivity contribution in [2.75, 3.05) is 26.4 Å². The van der Waals surface area contributed by atoms with Gasteiger partial charge in [-0.1, -0.05) is 27.7 Å². The van der Waals surface area contributed by atoms with Gasteiger partial charge >= 0.3 is 23.9 Å². The van der Waals surface area contributed by atoms with Crippen LogP contribution in [0.4, 0.5) is 0 Å². The van der Waals surface area contributed by atoms with Crippen molar-refractivity contribution in [2.45, 2.75) is 74.4 Å². The van der Waals surface area contributed by atoms with E-state index in [1.807, 2.05) is 0 Å². The van der Waals surface area contributed by atoms with E-state index in [0.29, 0.717) is 25.7 Å². The second-order valence-electron chi connectivity index (χ2n) is 7.18. The molecule has 4 atom stereocenters. The molecule has 0 aromatic carbocycles. The predicted octanol–water partition coefficient (Wildman–Crippen LogP) is 1.06. The molecule has 12 nitrogen and oxygen atoms in total. The van der Waals surface area contributed by atoms with Crippen LogP contribution < -0.4 is 0 Å². The Hall–Kier alpha value is -0.880. The highest BCUT2D eigenvalue weighted by molar-refractivity contribution is 7.82. The second-order valence-corrected chi connectivity index (χ2v) is 9.67. The number of carboxylic acids is 4. The molecule has 0 bridgehead atoms. The Balaban J connectivity index is -0.000000116. The summed E-state index contributed by atoms with van der Waals surface area (Å²) in [6.07, 6.45) is 2.33. The Kier molecular flexibility index (Phi) is 36.9. The van der Waals surface area contributed by atoms with E-state index in [2.05, 4.69) is 50.5 Å². The van der Waals surface area contributed by atoms with Crippen LogP contribution in [0.25, 0.3) is 0 Å². The summed E-state index contributed by atoms with van der Waals surface area (Å²) in [4.78, 5) is 39.4. The molecule has 0 aliphatic rings. The molecule has 0 aromatic rings. The van der Waals surface area contributed by atoms with Gasteiger partial charge in [0.05, 0.1) is 52.8 Å². The van der Waals surface area contributed by atoms with Crippen molar-refractivity contribution in [2.24, 2.45) is 5.41 Å². The fourth-order valence-corrected chi connectivity index (χ4v) is 0.998. The van der Waals surface area contributed by atoms with E-state index in [4.69, 9.17) is 40.9 Å². The number of aliphatic hydroxyl groups excluding tert-OH is 4. The van der Waals surface area contributed by atoms with E-state index in [-0.39, 0.29) is 0 Å². The summed E-state index contributed by atoms with van der Waals surface area (Å²) < 4.78 is 0. The maximum Gasteiger partial charge on any atom is 0.316 e. The molecule has 8 N–H and O–H groups in total. The molecule has 0 aliphatic carbocycles. The van der Waals surface area contributed by atoms with Crippen LogP contribution in [0.15, 0.2) is 0 Å². The summed E-state index contributed by atoms with van der Waals surface area (Å²) >= 11 is 14.9. The lowest BCUT2D eigenvalue weighted by Gasteiger charge is -2.23. The van der Waals surface area contributed by atoms with E-state index in [1.165, 1.54) is 0 Å². The first-order chi connectivity index (χ1) is 17.0. The standard InChI is InChI=1S/C5H12O4.4C4H8O2S/c6-1-5(2-7,3-8)4-9;4*1-2-3(7)4(5)6/h6-9H,1-4H2;4*3,7H,2H2,1H3,(H,5,6). The molecule has 0 heterocycles. The number of aliphatic carboxylic acids is 4. The van der Waals surface area contributed by atoms with Gasteiger partial charge < -0.3 is 40.9 Å². The maximum atomic E-state index is 9.85. The zero-order valence-electron chi connectivity index (χ0n) is 21.5. The smallest absolute Gasteiger partial charge is 0.316 e. The van der Waals surface area contributed by atoms with Gasteiger partial charge in [0.25, 0.3) is 0 Å². The molecule has 37 heavy (non-hydrogen) atoms. The molecule has 0 radical (unpaired) electrons. The van der Waals surface area contributed by atoms with E-state index in [0.717, 1.165) is 0 Å². The minimum Gasteiger partial charge on any atom is -0.480 e. The van der Waals surface area contributed by atoms with Gasteiger partial charge in [0, 0.05) is 0 Å². The molecule has 0 amide bonds. The van der Waals surface area contributed by atoms with Gasteiger partial charge in [-0.05, 0) is 25.7 Å². The average molecular weight is 617 g/mol. The van der Waals surface area contributed by atoms with Crippen LogP contribution >= 0.6 is 50.5 Å². The molecular formula is C21H44O12S4. The van der Waals surface area contributed by atoms with E-state index < -0.39 is 76.7 Å². The number of hydrogen-bond donors (Lipinski definition) is 12. The lowest BCUT2D eigenvalue weighted by atomic mass is 9.93. The summed E-state index contributed by atoms with van der Waals surface area (Å²) in [5, 5.41) is 64.5. The van der Waals surface area contributed by atoms with Crippen molar-refractivity contribution in [3.05, 3.63) is 0 Å². The molecule has 0 saturated carbocycles. The number of aliphatic hydroxyl groups is 4. The summed E-state index contributed by atoms with van der Waals surface area (Å²) in [5.41, 5.74) is -1.11. The van der Waals surface area contributed by atoms with Gasteiger partial charge in [0.15, 0.2) is 0 Å². The fraction of sp³-hybridized carbons (Fsp3) is 0.810. The predicted molar refractivity (Wildman–Crippen MR) is 154 cm³/mol. The molecular weight excluding hydrogens is 572 g/mol. The Bertz CT molecular complexity index is 494. The number of thiol groups is 4. The van der Waals surface area contributed by atoms with Crippen LogP contribution in [0, 0.1) is 5.41 Å². The van der Waals surface area contributed by atoms with Gasteiger partial charge in [0.2, 0.25) is 0 Å². The highest BCUT2D eigenvalue weighted by atomic mass is 32.1. The monoisotopic (exact) mass is 616 g/mol. The molecule has 0 aromatic heterocycles. The van der Waals surface area contributed by atoms with Crippen LogP contribution in [0.2, 0.25) is 0 Å². The third kappa shape index (κ3) is 31.2. The molecule has 0 saturated heterocycles. The van der Waals surface area contributed by atoms with Crippen LogP contribution in [0.5, 0.6) is 0 Å². The topological polar surface area (TPSA) is 230 Å². The summed E-state index contributed by atoms with van der Waals surface area (Å²) in [6, 6.07) is 0. The molecule has 0 fully saturated rings. The van der Waals surface area contributed by atoms with Gasteiger partial charge in [-0.25, -0.2) is 0 Å². The molecule has 0 aliphatic heterocycles. The Labute approximate surface area is 240 Å². The quantitative estimate of drug-likeness (QED) is 0.138. The van der Waals surface area contributed by atoms with Gasteiger partial charge in [-0.15, -0.1) is 0 Å². The number of rotatable bonds is 12. The third-order valence-corrected chi connectivity index (χ3v) is 6.37. The minimum absolute atomic E-state index is 0.406. The lowest BCUT2D eigenvalue weighted by molar-refractivity contribution is -0.137. The van der Waals surface area contributed by atoms with E-state index in [1.54, 1.807) is 27.7 Å². The van der Waals surface area contributed by atoms with Crippen LogP contribution in [0.1, 0.15) is 53.4 Å². The number of carbonyl (C=O) groups is 4. The molecule has 16 heteroatoms. The van der Waals surface area contributed by atoms with Crippen molar-refractivity contribution in [1.82, 2.24) is 0 Å². The van der Waals surface area contributed by atoms with E-state index >= 15 is 0 Å². The Morgan fingerprint density at radius 3 is 0.622 bits per heavy atom. The summed E-state index contributed by atoms with van der Waals surface area (Å²) in [6.45, 7) is 5.51. The molecule has 0 rings (SSSR count). The van der Waals surface area contributed by atoms with Crippen LogP contribution in [-0.2, 0) is 19.2 Å².